The third kappa shape index (κ3) is 4.38. The van der Waals surface area contributed by atoms with Gasteiger partial charge in [-0.15, -0.1) is 0 Å². The van der Waals surface area contributed by atoms with Crippen molar-refractivity contribution in [3.63, 3.8) is 0 Å². The van der Waals surface area contributed by atoms with Crippen molar-refractivity contribution < 1.29 is 14.0 Å². The summed E-state index contributed by atoms with van der Waals surface area (Å²) in [5.41, 5.74) is 2.54. The number of halogens is 2. The van der Waals surface area contributed by atoms with Crippen molar-refractivity contribution in [2.24, 2.45) is 0 Å². The SMILES string of the molecule is CCn1c(CN(C)C(=O)Nc2ccc(F)c(Cl)c2)nc2cc(C(=O)N(C)C)ccc21. The number of carbonyl (C=O) groups excluding carboxylic acids is 2. The van der Waals surface area contributed by atoms with Gasteiger partial charge in [-0.2, -0.15) is 0 Å². The molecule has 1 N–H and O–H groups in total. The lowest BCUT2D eigenvalue weighted by Crippen LogP contribution is -2.31. The summed E-state index contributed by atoms with van der Waals surface area (Å²) < 4.78 is 15.3. The number of urea groups is 1. The lowest BCUT2D eigenvalue weighted by molar-refractivity contribution is 0.0827. The number of anilines is 1. The van der Waals surface area contributed by atoms with Crippen molar-refractivity contribution in [1.29, 1.82) is 0 Å². The molecular formula is C21H23ClFN5O2. The number of benzene rings is 2. The molecule has 9 heteroatoms. The first-order valence-corrected chi connectivity index (χ1v) is 9.77. The lowest BCUT2D eigenvalue weighted by Gasteiger charge is -2.18. The first-order valence-electron chi connectivity index (χ1n) is 9.39. The minimum atomic E-state index is -0.549. The second-order valence-corrected chi connectivity index (χ2v) is 7.50. The molecule has 0 aliphatic rings. The summed E-state index contributed by atoms with van der Waals surface area (Å²) in [5.74, 6) is 0.0440. The number of aromatic nitrogens is 2. The zero-order chi connectivity index (χ0) is 22.0. The van der Waals surface area contributed by atoms with Crippen molar-refractivity contribution in [3.05, 3.63) is 58.6 Å². The van der Waals surface area contributed by atoms with Crippen LogP contribution in [0.2, 0.25) is 5.02 Å². The second kappa shape index (κ2) is 8.71. The molecule has 3 aromatic rings. The summed E-state index contributed by atoms with van der Waals surface area (Å²) in [6.07, 6.45) is 0. The average Bonchev–Trinajstić information content (AvgIpc) is 3.05. The van der Waals surface area contributed by atoms with Gasteiger partial charge in [0.2, 0.25) is 0 Å². The molecule has 0 spiro atoms. The van der Waals surface area contributed by atoms with E-state index in [9.17, 15) is 14.0 Å². The fourth-order valence-electron chi connectivity index (χ4n) is 3.12. The smallest absolute Gasteiger partial charge is 0.321 e. The summed E-state index contributed by atoms with van der Waals surface area (Å²) in [6, 6.07) is 9.01. The summed E-state index contributed by atoms with van der Waals surface area (Å²) in [6.45, 7) is 2.90. The predicted octanol–water partition coefficient (Wildman–Crippen LogP) is 4.21. The number of fused-ring (bicyclic) bond motifs is 1. The molecule has 3 rings (SSSR count). The van der Waals surface area contributed by atoms with E-state index < -0.39 is 5.82 Å². The van der Waals surface area contributed by atoms with Crippen LogP contribution in [0.4, 0.5) is 14.9 Å². The van der Waals surface area contributed by atoms with Gasteiger partial charge in [0.15, 0.2) is 0 Å². The number of rotatable bonds is 5. The molecule has 30 heavy (non-hydrogen) atoms. The highest BCUT2D eigenvalue weighted by Crippen LogP contribution is 2.21. The molecule has 3 amide bonds. The van der Waals surface area contributed by atoms with Crippen LogP contribution in [0.3, 0.4) is 0 Å². The first kappa shape index (κ1) is 21.6. The molecule has 0 atom stereocenters. The van der Waals surface area contributed by atoms with E-state index in [0.717, 1.165) is 5.52 Å². The summed E-state index contributed by atoms with van der Waals surface area (Å²) >= 11 is 5.77. The second-order valence-electron chi connectivity index (χ2n) is 7.09. The lowest BCUT2D eigenvalue weighted by atomic mass is 10.2. The molecule has 1 heterocycles. The maximum absolute atomic E-state index is 13.3. The van der Waals surface area contributed by atoms with Gasteiger partial charge in [0.05, 0.1) is 22.6 Å². The Morgan fingerprint density at radius 3 is 2.53 bits per heavy atom. The number of aryl methyl sites for hydroxylation is 1. The number of hydrogen-bond acceptors (Lipinski definition) is 3. The molecule has 0 aliphatic heterocycles. The van der Waals surface area contributed by atoms with Crippen molar-refractivity contribution in [3.8, 4) is 0 Å². The number of carbonyl (C=O) groups is 2. The fraction of sp³-hybridized carbons (Fsp3) is 0.286. The molecule has 0 saturated carbocycles. The maximum atomic E-state index is 13.3. The Morgan fingerprint density at radius 1 is 1.17 bits per heavy atom. The quantitative estimate of drug-likeness (QED) is 0.657. The van der Waals surface area contributed by atoms with Crippen LogP contribution in [0.15, 0.2) is 36.4 Å². The minimum absolute atomic E-state index is 0.0636. The fourth-order valence-corrected chi connectivity index (χ4v) is 3.30. The molecule has 7 nitrogen and oxygen atoms in total. The van der Waals surface area contributed by atoms with Crippen molar-refractivity contribution >= 4 is 40.3 Å². The molecule has 0 saturated heterocycles. The topological polar surface area (TPSA) is 70.5 Å². The number of imidazole rings is 1. The maximum Gasteiger partial charge on any atom is 0.321 e. The van der Waals surface area contributed by atoms with Crippen molar-refractivity contribution in [1.82, 2.24) is 19.4 Å². The van der Waals surface area contributed by atoms with Gasteiger partial charge >= 0.3 is 6.03 Å². The number of hydrogen-bond donors (Lipinski definition) is 1. The van der Waals surface area contributed by atoms with Gasteiger partial charge in [-0.1, -0.05) is 11.6 Å². The predicted molar refractivity (Wildman–Crippen MR) is 115 cm³/mol. The van der Waals surface area contributed by atoms with Crippen LogP contribution < -0.4 is 5.32 Å². The summed E-state index contributed by atoms with van der Waals surface area (Å²) in [4.78, 5) is 32.4. The minimum Gasteiger partial charge on any atom is -0.345 e. The molecule has 158 valence electrons. The van der Waals surface area contributed by atoms with E-state index in [1.807, 2.05) is 17.6 Å². The van der Waals surface area contributed by atoms with E-state index >= 15 is 0 Å². The van der Waals surface area contributed by atoms with Crippen molar-refractivity contribution in [2.45, 2.75) is 20.0 Å². The third-order valence-corrected chi connectivity index (χ3v) is 4.98. The monoisotopic (exact) mass is 431 g/mol. The van der Waals surface area contributed by atoms with Gasteiger partial charge in [-0.3, -0.25) is 4.79 Å². The Labute approximate surface area is 179 Å². The zero-order valence-corrected chi connectivity index (χ0v) is 18.0. The molecule has 1 aromatic heterocycles. The van der Waals surface area contributed by atoms with E-state index in [0.29, 0.717) is 29.1 Å². The molecule has 0 unspecified atom stereocenters. The summed E-state index contributed by atoms with van der Waals surface area (Å²) in [5, 5.41) is 2.62. The molecule has 0 bridgehead atoms. The number of amides is 3. The van der Waals surface area contributed by atoms with E-state index in [1.54, 1.807) is 33.3 Å². The Balaban J connectivity index is 1.82. The third-order valence-electron chi connectivity index (χ3n) is 4.69. The molecule has 2 aromatic carbocycles. The number of nitrogens with one attached hydrogen (secondary N) is 1. The Hall–Kier alpha value is -3.13. The van der Waals surface area contributed by atoms with Gasteiger partial charge in [0.25, 0.3) is 5.91 Å². The molecule has 0 aliphatic carbocycles. The highest BCUT2D eigenvalue weighted by atomic mass is 35.5. The van der Waals surface area contributed by atoms with Gasteiger partial charge < -0.3 is 19.7 Å². The average molecular weight is 432 g/mol. The largest absolute Gasteiger partial charge is 0.345 e. The van der Waals surface area contributed by atoms with Gasteiger partial charge in [-0.05, 0) is 43.3 Å². The number of nitrogens with zero attached hydrogens (tertiary/aromatic N) is 4. The van der Waals surface area contributed by atoms with E-state index in [4.69, 9.17) is 11.6 Å². The Bertz CT molecular complexity index is 1110. The van der Waals surface area contributed by atoms with Crippen LogP contribution in [0.5, 0.6) is 0 Å². The zero-order valence-electron chi connectivity index (χ0n) is 17.2. The van der Waals surface area contributed by atoms with Crippen LogP contribution in [0.25, 0.3) is 11.0 Å². The van der Waals surface area contributed by atoms with Crippen molar-refractivity contribution in [2.75, 3.05) is 26.5 Å². The van der Waals surface area contributed by atoms with Gasteiger partial charge in [0.1, 0.15) is 11.6 Å². The van der Waals surface area contributed by atoms with Crippen LogP contribution >= 0.6 is 11.6 Å². The van der Waals surface area contributed by atoms with Gasteiger partial charge in [0, 0.05) is 38.9 Å². The normalized spacial score (nSPS) is 10.9. The highest BCUT2D eigenvalue weighted by Gasteiger charge is 2.17. The standard InChI is InChI=1S/C21H23ClFN5O2/c1-5-28-18-9-6-13(20(29)26(2)3)10-17(18)25-19(28)12-27(4)21(30)24-14-7-8-16(23)15(22)11-14/h6-11H,5,12H2,1-4H3,(H,24,30). The Morgan fingerprint density at radius 2 is 1.90 bits per heavy atom. The molecule has 0 fully saturated rings. The van der Waals surface area contributed by atoms with E-state index in [1.165, 1.54) is 28.0 Å². The summed E-state index contributed by atoms with van der Waals surface area (Å²) in [7, 11) is 5.04. The van der Waals surface area contributed by atoms with Crippen LogP contribution in [0, 0.1) is 5.82 Å². The Kier molecular flexibility index (Phi) is 6.26. The van der Waals surface area contributed by atoms with Crippen LogP contribution in [-0.4, -0.2) is 52.4 Å². The van der Waals surface area contributed by atoms with E-state index in [2.05, 4.69) is 10.3 Å². The van der Waals surface area contributed by atoms with E-state index in [-0.39, 0.29) is 23.5 Å². The molecule has 0 radical (unpaired) electrons. The van der Waals surface area contributed by atoms with Gasteiger partial charge in [-0.25, -0.2) is 14.2 Å². The van der Waals surface area contributed by atoms with Crippen LogP contribution in [-0.2, 0) is 13.1 Å². The first-order chi connectivity index (χ1) is 14.2. The molecular weight excluding hydrogens is 409 g/mol. The van der Waals surface area contributed by atoms with Crippen LogP contribution in [0.1, 0.15) is 23.1 Å². The highest BCUT2D eigenvalue weighted by molar-refractivity contribution is 6.31.